The van der Waals surface area contributed by atoms with Crippen molar-refractivity contribution in [2.75, 3.05) is 14.1 Å². The van der Waals surface area contributed by atoms with Crippen molar-refractivity contribution in [3.05, 3.63) is 47.5 Å². The van der Waals surface area contributed by atoms with E-state index in [2.05, 4.69) is 0 Å². The van der Waals surface area contributed by atoms with E-state index in [1.807, 2.05) is 52.0 Å². The SMILES string of the molecule is CN(SSSSSSSSN(C)C(=O)Oc1cccc2c1OC(C)(C)C2)C(=O)Oc1cccc2c1OC(C)(C)C2. The summed E-state index contributed by atoms with van der Waals surface area (Å²) >= 11 is 0. The molecule has 0 aliphatic carbocycles. The molecule has 2 amide bonds. The summed E-state index contributed by atoms with van der Waals surface area (Å²) in [7, 11) is 15.0. The second-order valence-corrected chi connectivity index (χ2v) is 22.8. The van der Waals surface area contributed by atoms with Gasteiger partial charge in [-0.3, -0.25) is 0 Å². The molecule has 218 valence electrons. The molecule has 0 radical (unpaired) electrons. The van der Waals surface area contributed by atoms with E-state index in [9.17, 15) is 9.59 Å². The van der Waals surface area contributed by atoms with Crippen LogP contribution >= 0.6 is 80.9 Å². The lowest BCUT2D eigenvalue weighted by molar-refractivity contribution is 0.131. The number of ether oxygens (including phenoxy) is 4. The van der Waals surface area contributed by atoms with Gasteiger partial charge >= 0.3 is 12.2 Å². The topological polar surface area (TPSA) is 77.5 Å². The van der Waals surface area contributed by atoms with E-state index >= 15 is 0 Å². The maximum Gasteiger partial charge on any atom is 0.425 e. The molecular weight excluding hydrogens is 669 g/mol. The predicted octanol–water partition coefficient (Wildman–Crippen LogP) is 9.78. The van der Waals surface area contributed by atoms with E-state index < -0.39 is 12.2 Å². The van der Waals surface area contributed by atoms with Crippen LogP contribution in [0.15, 0.2) is 36.4 Å². The number of fused-ring (bicyclic) bond motifs is 2. The van der Waals surface area contributed by atoms with Gasteiger partial charge in [-0.15, -0.1) is 0 Å². The number of hydrogen-bond donors (Lipinski definition) is 0. The Morgan fingerprint density at radius 3 is 1.45 bits per heavy atom. The van der Waals surface area contributed by atoms with Crippen LogP contribution in [0.3, 0.4) is 0 Å². The Morgan fingerprint density at radius 1 is 0.675 bits per heavy atom. The Balaban J connectivity index is 1.07. The van der Waals surface area contributed by atoms with Crippen molar-refractivity contribution in [3.8, 4) is 23.0 Å². The van der Waals surface area contributed by atoms with Gasteiger partial charge in [-0.2, -0.15) is 0 Å². The molecule has 2 aromatic carbocycles. The van der Waals surface area contributed by atoms with Crippen LogP contribution in [0.25, 0.3) is 0 Å². The molecule has 0 atom stereocenters. The highest BCUT2D eigenvalue weighted by atomic mass is 34.0. The number of rotatable bonds is 11. The molecule has 0 spiro atoms. The van der Waals surface area contributed by atoms with Crippen molar-refractivity contribution < 1.29 is 28.5 Å². The minimum atomic E-state index is -0.468. The minimum Gasteiger partial charge on any atom is -0.483 e. The number of amides is 2. The van der Waals surface area contributed by atoms with Gasteiger partial charge in [-0.05, 0) is 39.8 Å². The highest BCUT2D eigenvalue weighted by molar-refractivity contribution is 9.48. The van der Waals surface area contributed by atoms with Gasteiger partial charge in [0, 0.05) is 119 Å². The number of hydrogen-bond acceptors (Lipinski definition) is 14. The fourth-order valence-corrected chi connectivity index (χ4v) is 19.8. The summed E-state index contributed by atoms with van der Waals surface area (Å²) in [6, 6.07) is 11.2. The van der Waals surface area contributed by atoms with Gasteiger partial charge in [0.2, 0.25) is 0 Å². The van der Waals surface area contributed by atoms with Crippen LogP contribution in [0.1, 0.15) is 38.8 Å². The van der Waals surface area contributed by atoms with Gasteiger partial charge in [0.05, 0.1) is 0 Å². The van der Waals surface area contributed by atoms with Gasteiger partial charge in [-0.25, -0.2) is 18.2 Å². The molecule has 2 aliphatic rings. The molecule has 8 nitrogen and oxygen atoms in total. The van der Waals surface area contributed by atoms with Crippen LogP contribution in [-0.2, 0) is 12.8 Å². The third kappa shape index (κ3) is 8.94. The minimum absolute atomic E-state index is 0.310. The molecule has 4 rings (SSSR count). The first-order chi connectivity index (χ1) is 18.9. The molecule has 0 saturated carbocycles. The number of carbonyl (C=O) groups is 2. The quantitative estimate of drug-likeness (QED) is 0.127. The second-order valence-electron chi connectivity index (χ2n) is 9.85. The van der Waals surface area contributed by atoms with Crippen LogP contribution < -0.4 is 18.9 Å². The van der Waals surface area contributed by atoms with E-state index in [-0.39, 0.29) is 11.2 Å². The third-order valence-corrected chi connectivity index (χ3v) is 20.2. The fourth-order valence-electron chi connectivity index (χ4n) is 3.87. The molecular formula is C24H28N2O6S8. The normalized spacial score (nSPS) is 15.8. The van der Waals surface area contributed by atoms with Crippen molar-refractivity contribution in [2.24, 2.45) is 0 Å². The van der Waals surface area contributed by atoms with E-state index in [0.717, 1.165) is 24.0 Å². The smallest absolute Gasteiger partial charge is 0.425 e. The van der Waals surface area contributed by atoms with E-state index in [4.69, 9.17) is 18.9 Å². The van der Waals surface area contributed by atoms with E-state index in [0.29, 0.717) is 23.0 Å². The van der Waals surface area contributed by atoms with Crippen molar-refractivity contribution >= 4 is 93.1 Å². The summed E-state index contributed by atoms with van der Waals surface area (Å²) in [6.07, 6.45) is 0.616. The molecule has 16 heteroatoms. The summed E-state index contributed by atoms with van der Waals surface area (Å²) < 4.78 is 26.0. The molecule has 0 saturated heterocycles. The van der Waals surface area contributed by atoms with Crippen molar-refractivity contribution in [2.45, 2.75) is 51.7 Å². The Morgan fingerprint density at radius 2 is 1.05 bits per heavy atom. The Labute approximate surface area is 264 Å². The monoisotopic (exact) mass is 696 g/mol. The maximum atomic E-state index is 12.5. The van der Waals surface area contributed by atoms with Gasteiger partial charge in [0.1, 0.15) is 11.2 Å². The number of benzene rings is 2. The van der Waals surface area contributed by atoms with Crippen molar-refractivity contribution in [1.82, 2.24) is 8.61 Å². The highest BCUT2D eigenvalue weighted by Crippen LogP contribution is 2.57. The first-order valence-electron chi connectivity index (χ1n) is 11.8. The van der Waals surface area contributed by atoms with Crippen molar-refractivity contribution in [1.29, 1.82) is 0 Å². The summed E-state index contributed by atoms with van der Waals surface area (Å²) in [6.45, 7) is 8.05. The Kier molecular flexibility index (Phi) is 11.5. The molecule has 40 heavy (non-hydrogen) atoms. The second kappa shape index (κ2) is 14.2. The van der Waals surface area contributed by atoms with Gasteiger partial charge in [0.15, 0.2) is 23.0 Å². The van der Waals surface area contributed by atoms with E-state index in [1.165, 1.54) is 69.9 Å². The third-order valence-electron chi connectivity index (χ3n) is 5.44. The largest absolute Gasteiger partial charge is 0.483 e. The first-order valence-corrected chi connectivity index (χ1v) is 21.9. The zero-order valence-corrected chi connectivity index (χ0v) is 29.0. The number of para-hydroxylation sites is 2. The number of carbonyl (C=O) groups excluding carboxylic acids is 2. The lowest BCUT2D eigenvalue weighted by Gasteiger charge is -2.19. The zero-order valence-electron chi connectivity index (χ0n) is 22.5. The molecule has 2 aromatic rings. The summed E-state index contributed by atoms with van der Waals surface area (Å²) in [5, 5.41) is 0. The molecule has 2 heterocycles. The molecule has 0 unspecified atom stereocenters. The molecule has 0 aromatic heterocycles. The lowest BCUT2D eigenvalue weighted by Crippen LogP contribution is -2.25. The Bertz CT molecular complexity index is 1140. The van der Waals surface area contributed by atoms with Crippen LogP contribution in [0.4, 0.5) is 9.59 Å². The van der Waals surface area contributed by atoms with Crippen LogP contribution in [0.5, 0.6) is 23.0 Å². The standard InChI is InChI=1S/C24H28N2O6S8/c1-23(2)13-15-9-7-11-17(19(15)31-23)29-21(27)25(5)33-35-37-39-40-38-36-34-26(6)22(28)30-18-12-8-10-16-14-24(3,4)32-20(16)18/h7-12H,13-14H2,1-6H3. The summed E-state index contributed by atoms with van der Waals surface area (Å²) in [5.41, 5.74) is 1.46. The first kappa shape index (κ1) is 32.3. The van der Waals surface area contributed by atoms with Gasteiger partial charge < -0.3 is 18.9 Å². The molecule has 0 fully saturated rings. The highest BCUT2D eigenvalue weighted by Gasteiger charge is 2.34. The summed E-state index contributed by atoms with van der Waals surface area (Å²) in [5.74, 6) is 2.16. The lowest BCUT2D eigenvalue weighted by atomic mass is 10.0. The summed E-state index contributed by atoms with van der Waals surface area (Å²) in [4.78, 5) is 25.1. The van der Waals surface area contributed by atoms with Gasteiger partial charge in [0.25, 0.3) is 0 Å². The van der Waals surface area contributed by atoms with E-state index in [1.54, 1.807) is 45.9 Å². The number of nitrogens with zero attached hydrogens (tertiary/aromatic N) is 2. The fraction of sp³-hybridized carbons (Fsp3) is 0.417. The molecule has 2 aliphatic heterocycles. The average Bonchev–Trinajstić information content (AvgIpc) is 3.39. The van der Waals surface area contributed by atoms with Crippen LogP contribution in [-0.4, -0.2) is 46.1 Å². The predicted molar refractivity (Wildman–Crippen MR) is 178 cm³/mol. The average molecular weight is 697 g/mol. The maximum absolute atomic E-state index is 12.5. The molecule has 0 N–H and O–H groups in total. The molecule has 0 bridgehead atoms. The zero-order chi connectivity index (χ0) is 28.9. The van der Waals surface area contributed by atoms with Crippen LogP contribution in [0.2, 0.25) is 0 Å². The van der Waals surface area contributed by atoms with Crippen LogP contribution in [0, 0.1) is 0 Å². The Hall–Kier alpha value is -0.620. The van der Waals surface area contributed by atoms with Crippen molar-refractivity contribution in [3.63, 3.8) is 0 Å². The van der Waals surface area contributed by atoms with Gasteiger partial charge in [-0.1, -0.05) is 24.3 Å².